The summed E-state index contributed by atoms with van der Waals surface area (Å²) in [6, 6.07) is 2.77. The molecule has 1 aliphatic heterocycles. The summed E-state index contributed by atoms with van der Waals surface area (Å²) in [4.78, 5) is 15.3. The van der Waals surface area contributed by atoms with Crippen LogP contribution in [0, 0.1) is 5.82 Å². The first-order valence-corrected chi connectivity index (χ1v) is 4.89. The molecule has 1 amide bonds. The molecule has 2 N–H and O–H groups in total. The van der Waals surface area contributed by atoms with Crippen molar-refractivity contribution < 1.29 is 9.18 Å². The van der Waals surface area contributed by atoms with Gasteiger partial charge in [-0.2, -0.15) is 0 Å². The van der Waals surface area contributed by atoms with Gasteiger partial charge in [-0.05, 0) is 25.1 Å². The van der Waals surface area contributed by atoms with Crippen LogP contribution in [-0.2, 0) is 0 Å². The normalized spacial score (nSPS) is 20.2. The Kier molecular flexibility index (Phi) is 2.91. The Balaban J connectivity index is 1.98. The summed E-state index contributed by atoms with van der Waals surface area (Å²) in [6.45, 7) is 1.70. The number of nitrogens with one attached hydrogen (secondary N) is 2. The van der Waals surface area contributed by atoms with Crippen molar-refractivity contribution in [1.82, 2.24) is 15.6 Å². The van der Waals surface area contributed by atoms with Crippen LogP contribution in [0.4, 0.5) is 4.39 Å². The SMILES string of the molecule is O=C(NC1CCNC1)c1ccc(F)cn1. The molecule has 1 atom stereocenters. The molecule has 2 heterocycles. The zero-order chi connectivity index (χ0) is 10.7. The molecular weight excluding hydrogens is 197 g/mol. The van der Waals surface area contributed by atoms with Crippen molar-refractivity contribution in [3.8, 4) is 0 Å². The Morgan fingerprint density at radius 1 is 1.60 bits per heavy atom. The molecule has 1 unspecified atom stereocenters. The number of nitrogens with zero attached hydrogens (tertiary/aromatic N) is 1. The molecule has 0 bridgehead atoms. The number of rotatable bonds is 2. The zero-order valence-corrected chi connectivity index (χ0v) is 8.16. The Morgan fingerprint density at radius 2 is 2.47 bits per heavy atom. The predicted octanol–water partition coefficient (Wildman–Crippen LogP) is 0.312. The molecular formula is C10H12FN3O. The minimum Gasteiger partial charge on any atom is -0.347 e. The Bertz CT molecular complexity index is 346. The van der Waals surface area contributed by atoms with E-state index in [0.29, 0.717) is 0 Å². The van der Waals surface area contributed by atoms with Crippen LogP contribution in [0.5, 0.6) is 0 Å². The number of pyridine rings is 1. The number of hydrogen-bond acceptors (Lipinski definition) is 3. The van der Waals surface area contributed by atoms with Crippen molar-refractivity contribution in [1.29, 1.82) is 0 Å². The average molecular weight is 209 g/mol. The highest BCUT2D eigenvalue weighted by Gasteiger charge is 2.17. The van der Waals surface area contributed by atoms with E-state index in [-0.39, 0.29) is 17.6 Å². The third-order valence-corrected chi connectivity index (χ3v) is 2.36. The second-order valence-corrected chi connectivity index (χ2v) is 3.52. The maximum atomic E-state index is 12.6. The third kappa shape index (κ3) is 2.50. The maximum absolute atomic E-state index is 12.6. The summed E-state index contributed by atoms with van der Waals surface area (Å²) in [6.07, 6.45) is 1.97. The second-order valence-electron chi connectivity index (χ2n) is 3.52. The molecule has 80 valence electrons. The topological polar surface area (TPSA) is 54.0 Å². The van der Waals surface area contributed by atoms with Crippen molar-refractivity contribution >= 4 is 5.91 Å². The number of carbonyl (C=O) groups is 1. The van der Waals surface area contributed by atoms with E-state index in [1.165, 1.54) is 12.1 Å². The Labute approximate surface area is 86.9 Å². The van der Waals surface area contributed by atoms with E-state index in [1.54, 1.807) is 0 Å². The lowest BCUT2D eigenvalue weighted by Gasteiger charge is -2.10. The smallest absolute Gasteiger partial charge is 0.270 e. The van der Waals surface area contributed by atoms with Gasteiger partial charge in [-0.1, -0.05) is 0 Å². The summed E-state index contributed by atoms with van der Waals surface area (Å²) in [5, 5.41) is 5.97. The monoisotopic (exact) mass is 209 g/mol. The number of amides is 1. The lowest BCUT2D eigenvalue weighted by atomic mass is 10.2. The van der Waals surface area contributed by atoms with Crippen LogP contribution in [0.25, 0.3) is 0 Å². The fourth-order valence-corrected chi connectivity index (χ4v) is 1.55. The zero-order valence-electron chi connectivity index (χ0n) is 8.16. The first-order chi connectivity index (χ1) is 7.25. The fourth-order valence-electron chi connectivity index (χ4n) is 1.55. The van der Waals surface area contributed by atoms with Gasteiger partial charge >= 0.3 is 0 Å². The molecule has 0 aromatic carbocycles. The third-order valence-electron chi connectivity index (χ3n) is 2.36. The van der Waals surface area contributed by atoms with Gasteiger partial charge in [-0.25, -0.2) is 9.37 Å². The van der Waals surface area contributed by atoms with Gasteiger partial charge in [0.15, 0.2) is 0 Å². The van der Waals surface area contributed by atoms with E-state index >= 15 is 0 Å². The lowest BCUT2D eigenvalue weighted by Crippen LogP contribution is -2.36. The minimum absolute atomic E-state index is 0.157. The van der Waals surface area contributed by atoms with Crippen LogP contribution in [-0.4, -0.2) is 30.0 Å². The number of hydrogen-bond donors (Lipinski definition) is 2. The van der Waals surface area contributed by atoms with E-state index in [9.17, 15) is 9.18 Å². The van der Waals surface area contributed by atoms with E-state index in [2.05, 4.69) is 15.6 Å². The van der Waals surface area contributed by atoms with Gasteiger partial charge in [0, 0.05) is 12.6 Å². The van der Waals surface area contributed by atoms with E-state index in [4.69, 9.17) is 0 Å². The van der Waals surface area contributed by atoms with Gasteiger partial charge in [0.2, 0.25) is 0 Å². The van der Waals surface area contributed by atoms with E-state index in [0.717, 1.165) is 25.7 Å². The van der Waals surface area contributed by atoms with Gasteiger partial charge in [0.05, 0.1) is 6.20 Å². The first-order valence-electron chi connectivity index (χ1n) is 4.89. The van der Waals surface area contributed by atoms with E-state index in [1.807, 2.05) is 0 Å². The molecule has 1 fully saturated rings. The van der Waals surface area contributed by atoms with Gasteiger partial charge < -0.3 is 10.6 Å². The van der Waals surface area contributed by atoms with Gasteiger partial charge in [-0.3, -0.25) is 4.79 Å². The Morgan fingerprint density at radius 3 is 3.07 bits per heavy atom. The van der Waals surface area contributed by atoms with Crippen molar-refractivity contribution in [2.45, 2.75) is 12.5 Å². The summed E-state index contributed by atoms with van der Waals surface area (Å²) >= 11 is 0. The molecule has 1 aromatic rings. The predicted molar refractivity (Wildman–Crippen MR) is 52.9 cm³/mol. The lowest BCUT2D eigenvalue weighted by molar-refractivity contribution is 0.0935. The highest BCUT2D eigenvalue weighted by Crippen LogP contribution is 2.01. The fraction of sp³-hybridized carbons (Fsp3) is 0.400. The van der Waals surface area contributed by atoms with Gasteiger partial charge in [0.1, 0.15) is 11.5 Å². The minimum atomic E-state index is -0.436. The van der Waals surface area contributed by atoms with Crippen LogP contribution >= 0.6 is 0 Å². The summed E-state index contributed by atoms with van der Waals surface area (Å²) in [5.41, 5.74) is 0.253. The quantitative estimate of drug-likeness (QED) is 0.737. The number of aromatic nitrogens is 1. The maximum Gasteiger partial charge on any atom is 0.270 e. The average Bonchev–Trinajstić information content (AvgIpc) is 2.71. The molecule has 0 aliphatic carbocycles. The van der Waals surface area contributed by atoms with Crippen molar-refractivity contribution in [3.05, 3.63) is 29.8 Å². The molecule has 15 heavy (non-hydrogen) atoms. The highest BCUT2D eigenvalue weighted by atomic mass is 19.1. The summed E-state index contributed by atoms with van der Waals surface area (Å²) < 4.78 is 12.6. The number of halogens is 1. The van der Waals surface area contributed by atoms with Crippen LogP contribution in [0.15, 0.2) is 18.3 Å². The van der Waals surface area contributed by atoms with E-state index < -0.39 is 5.82 Å². The molecule has 2 rings (SSSR count). The summed E-state index contributed by atoms with van der Waals surface area (Å²) in [7, 11) is 0. The highest BCUT2D eigenvalue weighted by molar-refractivity contribution is 5.92. The van der Waals surface area contributed by atoms with Crippen LogP contribution in [0.3, 0.4) is 0 Å². The van der Waals surface area contributed by atoms with Crippen molar-refractivity contribution in [2.24, 2.45) is 0 Å². The summed E-state index contributed by atoms with van der Waals surface area (Å²) in [5.74, 6) is -0.683. The molecule has 1 aromatic heterocycles. The number of carbonyl (C=O) groups excluding carboxylic acids is 1. The van der Waals surface area contributed by atoms with Gasteiger partial charge in [0.25, 0.3) is 5.91 Å². The molecule has 4 nitrogen and oxygen atoms in total. The molecule has 0 saturated carbocycles. The standard InChI is InChI=1S/C10H12FN3O/c11-7-1-2-9(13-5-7)10(15)14-8-3-4-12-6-8/h1-2,5,8,12H,3-4,6H2,(H,14,15). The molecule has 5 heteroatoms. The molecule has 0 radical (unpaired) electrons. The molecule has 1 aliphatic rings. The van der Waals surface area contributed by atoms with Gasteiger partial charge in [-0.15, -0.1) is 0 Å². The second kappa shape index (κ2) is 4.35. The molecule has 0 spiro atoms. The van der Waals surface area contributed by atoms with Crippen molar-refractivity contribution in [2.75, 3.05) is 13.1 Å². The first kappa shape index (κ1) is 10.0. The van der Waals surface area contributed by atoms with Crippen LogP contribution in [0.1, 0.15) is 16.9 Å². The molecule has 1 saturated heterocycles. The Hall–Kier alpha value is -1.49. The van der Waals surface area contributed by atoms with Crippen molar-refractivity contribution in [3.63, 3.8) is 0 Å². The van der Waals surface area contributed by atoms with Crippen LogP contribution in [0.2, 0.25) is 0 Å². The largest absolute Gasteiger partial charge is 0.347 e. The van der Waals surface area contributed by atoms with Crippen LogP contribution < -0.4 is 10.6 Å².